The zero-order valence-electron chi connectivity index (χ0n) is 16.3. The highest BCUT2D eigenvalue weighted by molar-refractivity contribution is 7.12. The molecule has 0 unspecified atom stereocenters. The van der Waals surface area contributed by atoms with Crippen molar-refractivity contribution in [2.45, 2.75) is 6.54 Å². The summed E-state index contributed by atoms with van der Waals surface area (Å²) < 4.78 is 0. The van der Waals surface area contributed by atoms with Gasteiger partial charge in [-0.25, -0.2) is 0 Å². The van der Waals surface area contributed by atoms with Crippen LogP contribution in [0.4, 0.5) is 5.69 Å². The van der Waals surface area contributed by atoms with Gasteiger partial charge in [-0.15, -0.1) is 11.3 Å². The van der Waals surface area contributed by atoms with Crippen molar-refractivity contribution >= 4 is 40.4 Å². The summed E-state index contributed by atoms with van der Waals surface area (Å²) in [6.07, 6.45) is 3.59. The number of hydrogen-bond donors (Lipinski definition) is 1. The second-order valence-corrected chi connectivity index (χ2v) is 8.40. The van der Waals surface area contributed by atoms with Crippen LogP contribution in [0.2, 0.25) is 5.02 Å². The Morgan fingerprint density at radius 2 is 1.83 bits per heavy atom. The molecule has 0 aliphatic carbocycles. The number of carbonyl (C=O) groups excluding carboxylic acids is 2. The van der Waals surface area contributed by atoms with Crippen molar-refractivity contribution in [1.29, 1.82) is 0 Å². The molecule has 1 N–H and O–H groups in total. The highest BCUT2D eigenvalue weighted by atomic mass is 35.5. The summed E-state index contributed by atoms with van der Waals surface area (Å²) in [5, 5.41) is 5.04. The Balaban J connectivity index is 1.38. The lowest BCUT2D eigenvalue weighted by Crippen LogP contribution is -2.48. The number of piperazine rings is 1. The summed E-state index contributed by atoms with van der Waals surface area (Å²) in [6, 6.07) is 12.6. The van der Waals surface area contributed by atoms with Gasteiger partial charge in [0.15, 0.2) is 0 Å². The van der Waals surface area contributed by atoms with E-state index in [1.54, 1.807) is 36.7 Å². The van der Waals surface area contributed by atoms with Crippen molar-refractivity contribution in [3.8, 4) is 0 Å². The molecule has 6 nitrogen and oxygen atoms in total. The van der Waals surface area contributed by atoms with Gasteiger partial charge in [0.2, 0.25) is 0 Å². The number of thiophene rings is 1. The second-order valence-electron chi connectivity index (χ2n) is 7.05. The van der Waals surface area contributed by atoms with Crippen molar-refractivity contribution in [1.82, 2.24) is 14.8 Å². The van der Waals surface area contributed by atoms with E-state index in [9.17, 15) is 9.59 Å². The Hall–Kier alpha value is -2.74. The predicted molar refractivity (Wildman–Crippen MR) is 119 cm³/mol. The molecule has 0 spiro atoms. The highest BCUT2D eigenvalue weighted by Crippen LogP contribution is 2.25. The Bertz CT molecular complexity index is 1020. The van der Waals surface area contributed by atoms with Crippen LogP contribution in [0.25, 0.3) is 0 Å². The molecule has 4 rings (SSSR count). The number of nitrogens with zero attached hydrogens (tertiary/aromatic N) is 3. The van der Waals surface area contributed by atoms with Gasteiger partial charge in [-0.2, -0.15) is 0 Å². The maximum Gasteiger partial charge on any atom is 0.265 e. The molecular formula is C22H21ClN4O2S. The topological polar surface area (TPSA) is 65.5 Å². The van der Waals surface area contributed by atoms with Gasteiger partial charge >= 0.3 is 0 Å². The van der Waals surface area contributed by atoms with Crippen molar-refractivity contribution in [3.05, 3.63) is 81.3 Å². The van der Waals surface area contributed by atoms with E-state index in [1.807, 2.05) is 28.5 Å². The molecule has 2 amide bonds. The third-order valence-electron chi connectivity index (χ3n) is 5.02. The number of aromatic nitrogens is 1. The maximum atomic E-state index is 13.0. The monoisotopic (exact) mass is 440 g/mol. The molecule has 0 bridgehead atoms. The molecule has 1 aliphatic rings. The number of benzene rings is 1. The van der Waals surface area contributed by atoms with Crippen LogP contribution in [-0.4, -0.2) is 52.8 Å². The standard InChI is InChI=1S/C22H21ClN4O2S/c23-18-4-3-17(14-19(18)25-21(28)20-2-1-13-30-20)22(29)27-11-9-26(10-12-27)15-16-5-7-24-8-6-16/h1-8,13-14H,9-12,15H2,(H,25,28). The average Bonchev–Trinajstić information content (AvgIpc) is 3.31. The van der Waals surface area contributed by atoms with Gasteiger partial charge in [0.05, 0.1) is 15.6 Å². The van der Waals surface area contributed by atoms with Gasteiger partial charge in [-0.1, -0.05) is 17.7 Å². The van der Waals surface area contributed by atoms with Crippen LogP contribution < -0.4 is 5.32 Å². The van der Waals surface area contributed by atoms with Gasteiger partial charge in [0.1, 0.15) is 0 Å². The molecule has 0 radical (unpaired) electrons. The fraction of sp³-hybridized carbons (Fsp3) is 0.227. The Kier molecular flexibility index (Phi) is 6.42. The summed E-state index contributed by atoms with van der Waals surface area (Å²) in [6.45, 7) is 3.78. The van der Waals surface area contributed by atoms with Crippen LogP contribution in [0.5, 0.6) is 0 Å². The number of anilines is 1. The summed E-state index contributed by atoms with van der Waals surface area (Å²) in [5.74, 6) is -0.289. The van der Waals surface area contributed by atoms with Gasteiger partial charge in [0.25, 0.3) is 11.8 Å². The number of rotatable bonds is 5. The summed E-state index contributed by atoms with van der Waals surface area (Å²) in [7, 11) is 0. The largest absolute Gasteiger partial charge is 0.336 e. The molecule has 2 aromatic heterocycles. The van der Waals surface area contributed by atoms with E-state index in [4.69, 9.17) is 11.6 Å². The molecule has 30 heavy (non-hydrogen) atoms. The molecule has 3 heterocycles. The molecule has 1 fully saturated rings. The SMILES string of the molecule is O=C(Nc1cc(C(=O)N2CCN(Cc3ccncc3)CC2)ccc1Cl)c1cccs1. The number of pyridine rings is 1. The van der Waals surface area contributed by atoms with E-state index >= 15 is 0 Å². The Morgan fingerprint density at radius 3 is 2.53 bits per heavy atom. The normalized spacial score (nSPS) is 14.5. The van der Waals surface area contributed by atoms with Crippen molar-refractivity contribution in [2.75, 3.05) is 31.5 Å². The molecule has 0 saturated carbocycles. The van der Waals surface area contributed by atoms with Gasteiger partial charge in [-0.05, 0) is 47.3 Å². The number of amides is 2. The van der Waals surface area contributed by atoms with Gasteiger partial charge in [-0.3, -0.25) is 19.5 Å². The highest BCUT2D eigenvalue weighted by Gasteiger charge is 2.23. The third kappa shape index (κ3) is 4.87. The summed E-state index contributed by atoms with van der Waals surface area (Å²) >= 11 is 7.59. The first kappa shape index (κ1) is 20.5. The minimum Gasteiger partial charge on any atom is -0.336 e. The number of hydrogen-bond acceptors (Lipinski definition) is 5. The van der Waals surface area contributed by atoms with E-state index in [1.165, 1.54) is 16.9 Å². The lowest BCUT2D eigenvalue weighted by Gasteiger charge is -2.34. The van der Waals surface area contributed by atoms with Crippen LogP contribution in [0.1, 0.15) is 25.6 Å². The fourth-order valence-electron chi connectivity index (χ4n) is 3.38. The van der Waals surface area contributed by atoms with Gasteiger partial charge in [0, 0.05) is 50.7 Å². The molecule has 1 saturated heterocycles. The first-order chi connectivity index (χ1) is 14.6. The first-order valence-corrected chi connectivity index (χ1v) is 10.9. The summed E-state index contributed by atoms with van der Waals surface area (Å²) in [4.78, 5) is 34.1. The number of halogens is 1. The van der Waals surface area contributed by atoms with Crippen LogP contribution in [0.3, 0.4) is 0 Å². The van der Waals surface area contributed by atoms with E-state index in [2.05, 4.69) is 15.2 Å². The lowest BCUT2D eigenvalue weighted by molar-refractivity contribution is 0.0628. The number of carbonyl (C=O) groups is 2. The molecule has 3 aromatic rings. The van der Waals surface area contributed by atoms with Crippen molar-refractivity contribution < 1.29 is 9.59 Å². The summed E-state index contributed by atoms with van der Waals surface area (Å²) in [5.41, 5.74) is 2.18. The first-order valence-electron chi connectivity index (χ1n) is 9.65. The number of nitrogens with one attached hydrogen (secondary N) is 1. The van der Waals surface area contributed by atoms with Crippen LogP contribution in [0, 0.1) is 0 Å². The molecule has 154 valence electrons. The molecule has 1 aliphatic heterocycles. The van der Waals surface area contributed by atoms with Crippen molar-refractivity contribution in [3.63, 3.8) is 0 Å². The average molecular weight is 441 g/mol. The smallest absolute Gasteiger partial charge is 0.265 e. The Morgan fingerprint density at radius 1 is 1.07 bits per heavy atom. The van der Waals surface area contributed by atoms with E-state index in [0.717, 1.165) is 19.6 Å². The fourth-order valence-corrected chi connectivity index (χ4v) is 4.17. The maximum absolute atomic E-state index is 13.0. The Labute approximate surface area is 184 Å². The third-order valence-corrected chi connectivity index (χ3v) is 6.22. The molecule has 1 aromatic carbocycles. The minimum absolute atomic E-state index is 0.0538. The molecule has 0 atom stereocenters. The minimum atomic E-state index is -0.235. The molecular weight excluding hydrogens is 420 g/mol. The van der Waals surface area contributed by atoms with Crippen LogP contribution in [0.15, 0.2) is 60.2 Å². The van der Waals surface area contributed by atoms with E-state index in [0.29, 0.717) is 34.2 Å². The van der Waals surface area contributed by atoms with E-state index in [-0.39, 0.29) is 11.8 Å². The molecule has 8 heteroatoms. The van der Waals surface area contributed by atoms with Crippen molar-refractivity contribution in [2.24, 2.45) is 0 Å². The second kappa shape index (κ2) is 9.38. The zero-order chi connectivity index (χ0) is 20.9. The quantitative estimate of drug-likeness (QED) is 0.651. The lowest BCUT2D eigenvalue weighted by atomic mass is 10.1. The predicted octanol–water partition coefficient (Wildman–Crippen LogP) is 4.01. The van der Waals surface area contributed by atoms with E-state index < -0.39 is 0 Å². The van der Waals surface area contributed by atoms with Crippen LogP contribution in [-0.2, 0) is 6.54 Å². The van der Waals surface area contributed by atoms with Crippen LogP contribution >= 0.6 is 22.9 Å². The van der Waals surface area contributed by atoms with Gasteiger partial charge < -0.3 is 10.2 Å². The zero-order valence-corrected chi connectivity index (χ0v) is 17.8.